The minimum absolute atomic E-state index is 0.134. The highest BCUT2D eigenvalue weighted by molar-refractivity contribution is 5.55. The average molecular weight is 250 g/mol. The second-order valence-corrected chi connectivity index (χ2v) is 5.68. The maximum absolute atomic E-state index is 13.3. The number of nitrogens with two attached hydrogens (primary N) is 1. The summed E-state index contributed by atoms with van der Waals surface area (Å²) in [7, 11) is 0. The van der Waals surface area contributed by atoms with E-state index in [1.165, 1.54) is 12.5 Å². The van der Waals surface area contributed by atoms with Crippen molar-refractivity contribution >= 4 is 5.69 Å². The first-order chi connectivity index (χ1) is 8.49. The second kappa shape index (κ2) is 5.27. The van der Waals surface area contributed by atoms with Crippen LogP contribution in [0, 0.1) is 17.7 Å². The molecule has 0 aliphatic carbocycles. The van der Waals surface area contributed by atoms with Crippen LogP contribution in [0.3, 0.4) is 0 Å². The van der Waals surface area contributed by atoms with Gasteiger partial charge in [-0.2, -0.15) is 0 Å². The minimum atomic E-state index is -0.204. The summed E-state index contributed by atoms with van der Waals surface area (Å²) in [6, 6.07) is 4.84. The van der Waals surface area contributed by atoms with Gasteiger partial charge in [0.25, 0.3) is 0 Å². The molecule has 0 bridgehead atoms. The van der Waals surface area contributed by atoms with E-state index in [1.807, 2.05) is 13.0 Å². The summed E-state index contributed by atoms with van der Waals surface area (Å²) in [5.41, 5.74) is 7.97. The number of halogens is 1. The van der Waals surface area contributed by atoms with Crippen molar-refractivity contribution in [3.05, 3.63) is 29.6 Å². The maximum Gasteiger partial charge on any atom is 0.123 e. The molecule has 1 aliphatic heterocycles. The summed E-state index contributed by atoms with van der Waals surface area (Å²) in [6.07, 6.45) is 1.19. The Morgan fingerprint density at radius 2 is 2.06 bits per heavy atom. The van der Waals surface area contributed by atoms with Crippen LogP contribution in [0.2, 0.25) is 0 Å². The summed E-state index contributed by atoms with van der Waals surface area (Å²) in [6.45, 7) is 8.57. The SMILES string of the molecule is CC(N)c1cc(F)ccc1N1CCC(C)C(C)C1. The molecule has 1 heterocycles. The number of nitrogens with zero attached hydrogens (tertiary/aromatic N) is 1. The number of hydrogen-bond acceptors (Lipinski definition) is 2. The lowest BCUT2D eigenvalue weighted by molar-refractivity contribution is 0.323. The highest BCUT2D eigenvalue weighted by atomic mass is 19.1. The summed E-state index contributed by atoms with van der Waals surface area (Å²) < 4.78 is 13.3. The maximum atomic E-state index is 13.3. The van der Waals surface area contributed by atoms with Crippen LogP contribution in [-0.4, -0.2) is 13.1 Å². The molecule has 3 atom stereocenters. The monoisotopic (exact) mass is 250 g/mol. The minimum Gasteiger partial charge on any atom is -0.371 e. The number of anilines is 1. The summed E-state index contributed by atoms with van der Waals surface area (Å²) in [5, 5.41) is 0. The van der Waals surface area contributed by atoms with Crippen LogP contribution < -0.4 is 10.6 Å². The Morgan fingerprint density at radius 3 is 2.67 bits per heavy atom. The number of rotatable bonds is 2. The number of hydrogen-bond donors (Lipinski definition) is 1. The van der Waals surface area contributed by atoms with Gasteiger partial charge in [-0.3, -0.25) is 0 Å². The van der Waals surface area contributed by atoms with E-state index < -0.39 is 0 Å². The van der Waals surface area contributed by atoms with Crippen molar-refractivity contribution in [3.8, 4) is 0 Å². The molecule has 1 aromatic rings. The summed E-state index contributed by atoms with van der Waals surface area (Å²) in [4.78, 5) is 2.35. The van der Waals surface area contributed by atoms with Gasteiger partial charge in [-0.25, -0.2) is 4.39 Å². The molecule has 1 aromatic carbocycles. The van der Waals surface area contributed by atoms with E-state index in [0.29, 0.717) is 5.92 Å². The molecule has 18 heavy (non-hydrogen) atoms. The first-order valence-corrected chi connectivity index (χ1v) is 6.79. The second-order valence-electron chi connectivity index (χ2n) is 5.68. The lowest BCUT2D eigenvalue weighted by Crippen LogP contribution is -2.39. The summed E-state index contributed by atoms with van der Waals surface area (Å²) in [5.74, 6) is 1.23. The molecule has 3 unspecified atom stereocenters. The van der Waals surface area contributed by atoms with Crippen molar-refractivity contribution < 1.29 is 4.39 Å². The van der Waals surface area contributed by atoms with Crippen LogP contribution in [0.5, 0.6) is 0 Å². The first-order valence-electron chi connectivity index (χ1n) is 6.79. The van der Waals surface area contributed by atoms with Crippen molar-refractivity contribution in [2.24, 2.45) is 17.6 Å². The van der Waals surface area contributed by atoms with Crippen LogP contribution in [0.15, 0.2) is 18.2 Å². The van der Waals surface area contributed by atoms with Gasteiger partial charge in [-0.1, -0.05) is 13.8 Å². The molecule has 0 amide bonds. The Hall–Kier alpha value is -1.09. The summed E-state index contributed by atoms with van der Waals surface area (Å²) >= 11 is 0. The van der Waals surface area contributed by atoms with E-state index in [1.54, 1.807) is 6.07 Å². The Bertz CT molecular complexity index is 417. The van der Waals surface area contributed by atoms with Gasteiger partial charge in [0.05, 0.1) is 0 Å². The van der Waals surface area contributed by atoms with E-state index >= 15 is 0 Å². The smallest absolute Gasteiger partial charge is 0.123 e. The van der Waals surface area contributed by atoms with E-state index in [9.17, 15) is 4.39 Å². The third-order valence-electron chi connectivity index (χ3n) is 4.15. The zero-order valence-corrected chi connectivity index (χ0v) is 11.5. The molecule has 3 heteroatoms. The van der Waals surface area contributed by atoms with Gasteiger partial charge in [-0.05, 0) is 48.9 Å². The van der Waals surface area contributed by atoms with Gasteiger partial charge in [0.1, 0.15) is 5.82 Å². The van der Waals surface area contributed by atoms with Crippen LogP contribution in [-0.2, 0) is 0 Å². The molecular weight excluding hydrogens is 227 g/mol. The molecule has 0 saturated carbocycles. The quantitative estimate of drug-likeness (QED) is 0.872. The van der Waals surface area contributed by atoms with Gasteiger partial charge in [-0.15, -0.1) is 0 Å². The molecule has 2 nitrogen and oxygen atoms in total. The van der Waals surface area contributed by atoms with Crippen molar-refractivity contribution in [1.29, 1.82) is 0 Å². The standard InChI is InChI=1S/C15H23FN2/c1-10-6-7-18(9-11(10)2)15-5-4-13(16)8-14(15)12(3)17/h4-5,8,10-12H,6-7,9,17H2,1-3H3. The zero-order valence-electron chi connectivity index (χ0n) is 11.5. The fourth-order valence-electron chi connectivity index (χ4n) is 2.66. The van der Waals surface area contributed by atoms with Gasteiger partial charge in [0.15, 0.2) is 0 Å². The average Bonchev–Trinajstić information content (AvgIpc) is 2.32. The van der Waals surface area contributed by atoms with Crippen molar-refractivity contribution in [3.63, 3.8) is 0 Å². The van der Waals surface area contributed by atoms with E-state index in [-0.39, 0.29) is 11.9 Å². The normalized spacial score (nSPS) is 26.2. The molecular formula is C15H23FN2. The highest BCUT2D eigenvalue weighted by Gasteiger charge is 2.24. The van der Waals surface area contributed by atoms with Gasteiger partial charge in [0.2, 0.25) is 0 Å². The van der Waals surface area contributed by atoms with Crippen LogP contribution in [0.1, 0.15) is 38.8 Å². The molecule has 1 saturated heterocycles. The number of benzene rings is 1. The third-order valence-corrected chi connectivity index (χ3v) is 4.15. The third kappa shape index (κ3) is 2.66. The zero-order chi connectivity index (χ0) is 13.3. The Labute approximate surface area is 109 Å². The molecule has 1 aliphatic rings. The van der Waals surface area contributed by atoms with Crippen LogP contribution in [0.4, 0.5) is 10.1 Å². The van der Waals surface area contributed by atoms with Crippen molar-refractivity contribution in [2.75, 3.05) is 18.0 Å². The fraction of sp³-hybridized carbons (Fsp3) is 0.600. The van der Waals surface area contributed by atoms with Crippen molar-refractivity contribution in [1.82, 2.24) is 0 Å². The molecule has 100 valence electrons. The topological polar surface area (TPSA) is 29.3 Å². The fourth-order valence-corrected chi connectivity index (χ4v) is 2.66. The molecule has 0 spiro atoms. The molecule has 0 aromatic heterocycles. The molecule has 2 N–H and O–H groups in total. The van der Waals surface area contributed by atoms with Crippen LogP contribution >= 0.6 is 0 Å². The lowest BCUT2D eigenvalue weighted by Gasteiger charge is -2.38. The Kier molecular flexibility index (Phi) is 3.91. The van der Waals surface area contributed by atoms with Gasteiger partial charge >= 0.3 is 0 Å². The van der Waals surface area contributed by atoms with E-state index in [2.05, 4.69) is 18.7 Å². The largest absolute Gasteiger partial charge is 0.371 e. The van der Waals surface area contributed by atoms with E-state index in [4.69, 9.17) is 5.73 Å². The van der Waals surface area contributed by atoms with Gasteiger partial charge < -0.3 is 10.6 Å². The molecule has 2 rings (SSSR count). The predicted molar refractivity (Wildman–Crippen MR) is 74.2 cm³/mol. The molecule has 1 fully saturated rings. The van der Waals surface area contributed by atoms with Crippen molar-refractivity contribution in [2.45, 2.75) is 33.2 Å². The Balaban J connectivity index is 2.28. The highest BCUT2D eigenvalue weighted by Crippen LogP contribution is 2.31. The number of piperidine rings is 1. The lowest BCUT2D eigenvalue weighted by atomic mass is 9.88. The molecule has 0 radical (unpaired) electrons. The Morgan fingerprint density at radius 1 is 1.33 bits per heavy atom. The predicted octanol–water partition coefficient (Wildman–Crippen LogP) is 3.33. The van der Waals surface area contributed by atoms with Crippen LogP contribution in [0.25, 0.3) is 0 Å². The first kappa shape index (κ1) is 13.3. The van der Waals surface area contributed by atoms with E-state index in [0.717, 1.165) is 30.3 Å². The van der Waals surface area contributed by atoms with Gasteiger partial charge in [0, 0.05) is 24.8 Å².